The zero-order valence-corrected chi connectivity index (χ0v) is 5.93. The van der Waals surface area contributed by atoms with Crippen LogP contribution in [-0.2, 0) is 0 Å². The van der Waals surface area contributed by atoms with E-state index < -0.39 is 0 Å². The summed E-state index contributed by atoms with van der Waals surface area (Å²) in [7, 11) is 0. The van der Waals surface area contributed by atoms with Crippen LogP contribution in [0.15, 0.2) is 0 Å². The van der Waals surface area contributed by atoms with Crippen molar-refractivity contribution >= 4 is 11.8 Å². The second-order valence-corrected chi connectivity index (χ2v) is 1.93. The van der Waals surface area contributed by atoms with Crippen molar-refractivity contribution in [2.45, 2.75) is 20.3 Å². The van der Waals surface area contributed by atoms with E-state index in [4.69, 9.17) is 0 Å². The van der Waals surface area contributed by atoms with Crippen molar-refractivity contribution in [3.8, 4) is 0 Å². The van der Waals surface area contributed by atoms with Crippen LogP contribution in [0.5, 0.6) is 0 Å². The van der Waals surface area contributed by atoms with Gasteiger partial charge in [-0.3, -0.25) is 0 Å². The summed E-state index contributed by atoms with van der Waals surface area (Å²) in [4.78, 5) is 0. The van der Waals surface area contributed by atoms with Crippen LogP contribution in [-0.4, -0.2) is 12.5 Å². The van der Waals surface area contributed by atoms with Gasteiger partial charge >= 0.3 is 0 Å². The minimum absolute atomic E-state index is 1.25. The van der Waals surface area contributed by atoms with Crippen LogP contribution in [0, 0.1) is 0 Å². The van der Waals surface area contributed by atoms with E-state index in [1.807, 2.05) is 12.5 Å². The van der Waals surface area contributed by atoms with Crippen molar-refractivity contribution in [1.82, 2.24) is 0 Å². The van der Waals surface area contributed by atoms with Gasteiger partial charge in [-0.15, -0.1) is 0 Å². The third kappa shape index (κ3) is 399. The standard InChI is InChI=1S/C3H8.C2H6S/c2*1-3-2/h3H2,1-2H3;1-2H3. The molecule has 0 nitrogen and oxygen atoms in total. The van der Waals surface area contributed by atoms with Gasteiger partial charge in [0.25, 0.3) is 0 Å². The molecule has 0 amide bonds. The molecular formula is C5H14S. The van der Waals surface area contributed by atoms with Crippen molar-refractivity contribution in [2.24, 2.45) is 0 Å². The Labute approximate surface area is 45.3 Å². The zero-order chi connectivity index (χ0) is 5.41. The Kier molecular flexibility index (Phi) is 29.3. The largest absolute Gasteiger partial charge is 0.169 e. The number of hydrogen-bond acceptors (Lipinski definition) is 1. The first-order chi connectivity index (χ1) is 2.83. The molecule has 0 bridgehead atoms. The molecule has 0 spiro atoms. The smallest absolute Gasteiger partial charge is 0.0187 e. The van der Waals surface area contributed by atoms with Crippen molar-refractivity contribution < 1.29 is 0 Å². The summed E-state index contributed by atoms with van der Waals surface area (Å²) in [5.74, 6) is 0. The highest BCUT2D eigenvalue weighted by Crippen LogP contribution is 1.70. The summed E-state index contributed by atoms with van der Waals surface area (Å²) in [5.41, 5.74) is 0. The molecule has 0 heterocycles. The second-order valence-electron chi connectivity index (χ2n) is 1.12. The number of thioether (sulfide) groups is 1. The van der Waals surface area contributed by atoms with E-state index in [1.54, 1.807) is 11.8 Å². The van der Waals surface area contributed by atoms with E-state index in [2.05, 4.69) is 13.8 Å². The molecule has 0 atom stereocenters. The molecule has 0 fully saturated rings. The lowest BCUT2D eigenvalue weighted by molar-refractivity contribution is 1.09. The average Bonchev–Trinajstić information content (AvgIpc) is 1.39. The van der Waals surface area contributed by atoms with Crippen LogP contribution in [0.4, 0.5) is 0 Å². The fourth-order valence-electron chi connectivity index (χ4n) is 0. The fourth-order valence-corrected chi connectivity index (χ4v) is 0. The molecule has 0 aromatic rings. The lowest BCUT2D eigenvalue weighted by Gasteiger charge is -1.51. The van der Waals surface area contributed by atoms with Crippen LogP contribution in [0.1, 0.15) is 20.3 Å². The molecule has 0 aliphatic rings. The summed E-state index contributed by atoms with van der Waals surface area (Å²) in [6, 6.07) is 0. The molecular weight excluding hydrogens is 92.1 g/mol. The predicted octanol–water partition coefficient (Wildman–Crippen LogP) is 2.40. The van der Waals surface area contributed by atoms with Crippen LogP contribution in [0.2, 0.25) is 0 Å². The van der Waals surface area contributed by atoms with Crippen LogP contribution < -0.4 is 0 Å². The topological polar surface area (TPSA) is 0 Å². The van der Waals surface area contributed by atoms with Crippen molar-refractivity contribution in [1.29, 1.82) is 0 Å². The van der Waals surface area contributed by atoms with Gasteiger partial charge in [-0.1, -0.05) is 20.3 Å². The maximum absolute atomic E-state index is 2.12. The second kappa shape index (κ2) is 18.3. The molecule has 0 unspecified atom stereocenters. The van der Waals surface area contributed by atoms with Crippen LogP contribution >= 0.6 is 11.8 Å². The summed E-state index contributed by atoms with van der Waals surface area (Å²) < 4.78 is 0. The third-order valence-electron chi connectivity index (χ3n) is 0. The Morgan fingerprint density at radius 3 is 1.17 bits per heavy atom. The SMILES string of the molecule is CCC.CSC. The molecule has 0 saturated heterocycles. The monoisotopic (exact) mass is 106 g/mol. The first-order valence-electron chi connectivity index (χ1n) is 2.23. The molecule has 0 radical (unpaired) electrons. The summed E-state index contributed by atoms with van der Waals surface area (Å²) in [6.45, 7) is 4.25. The molecule has 1 heteroatoms. The summed E-state index contributed by atoms with van der Waals surface area (Å²) >= 11 is 1.75. The molecule has 0 saturated carbocycles. The molecule has 0 aromatic carbocycles. The highest BCUT2D eigenvalue weighted by Gasteiger charge is 1.35. The van der Waals surface area contributed by atoms with Gasteiger partial charge in [-0.25, -0.2) is 0 Å². The zero-order valence-electron chi connectivity index (χ0n) is 5.12. The maximum atomic E-state index is 2.12. The first-order valence-corrected chi connectivity index (χ1v) is 3.86. The summed E-state index contributed by atoms with van der Waals surface area (Å²) in [6.07, 6.45) is 5.33. The molecule has 40 valence electrons. The summed E-state index contributed by atoms with van der Waals surface area (Å²) in [5, 5.41) is 0. The van der Waals surface area contributed by atoms with Crippen LogP contribution in [0.25, 0.3) is 0 Å². The van der Waals surface area contributed by atoms with E-state index in [1.165, 1.54) is 6.42 Å². The Hall–Kier alpha value is 0.350. The Morgan fingerprint density at radius 1 is 1.17 bits per heavy atom. The normalized spacial score (nSPS) is 6.00. The fraction of sp³-hybridized carbons (Fsp3) is 1.00. The predicted molar refractivity (Wildman–Crippen MR) is 35.4 cm³/mol. The van der Waals surface area contributed by atoms with E-state index in [9.17, 15) is 0 Å². The molecule has 0 aliphatic carbocycles. The maximum Gasteiger partial charge on any atom is -0.0187 e. The van der Waals surface area contributed by atoms with E-state index >= 15 is 0 Å². The van der Waals surface area contributed by atoms with Crippen molar-refractivity contribution in [3.05, 3.63) is 0 Å². The van der Waals surface area contributed by atoms with Gasteiger partial charge in [0.15, 0.2) is 0 Å². The Bertz CT molecular complexity index is 5.90. The van der Waals surface area contributed by atoms with Gasteiger partial charge in [0, 0.05) is 0 Å². The van der Waals surface area contributed by atoms with Gasteiger partial charge in [0.1, 0.15) is 0 Å². The molecule has 6 heavy (non-hydrogen) atoms. The molecule has 0 aromatic heterocycles. The minimum atomic E-state index is 1.25. The van der Waals surface area contributed by atoms with Gasteiger partial charge < -0.3 is 0 Å². The average molecular weight is 106 g/mol. The van der Waals surface area contributed by atoms with E-state index in [-0.39, 0.29) is 0 Å². The van der Waals surface area contributed by atoms with Gasteiger partial charge in [-0.2, -0.15) is 11.8 Å². The highest BCUT2D eigenvalue weighted by atomic mass is 32.2. The van der Waals surface area contributed by atoms with Crippen molar-refractivity contribution in [3.63, 3.8) is 0 Å². The lowest BCUT2D eigenvalue weighted by atomic mass is 10.6. The molecule has 0 rings (SSSR count). The van der Waals surface area contributed by atoms with Gasteiger partial charge in [0.2, 0.25) is 0 Å². The van der Waals surface area contributed by atoms with E-state index in [0.29, 0.717) is 0 Å². The molecule has 0 N–H and O–H groups in total. The van der Waals surface area contributed by atoms with Gasteiger partial charge in [0.05, 0.1) is 0 Å². The first kappa shape index (κ1) is 9.61. The minimum Gasteiger partial charge on any atom is -0.169 e. The van der Waals surface area contributed by atoms with Crippen molar-refractivity contribution in [2.75, 3.05) is 12.5 Å². The number of rotatable bonds is 0. The Balaban J connectivity index is 0. The Morgan fingerprint density at radius 2 is 1.17 bits per heavy atom. The molecule has 0 aliphatic heterocycles. The number of hydrogen-bond donors (Lipinski definition) is 0. The van der Waals surface area contributed by atoms with E-state index in [0.717, 1.165) is 0 Å². The lowest BCUT2D eigenvalue weighted by Crippen LogP contribution is -1.27. The van der Waals surface area contributed by atoms with Gasteiger partial charge in [-0.05, 0) is 12.5 Å². The van der Waals surface area contributed by atoms with Crippen LogP contribution in [0.3, 0.4) is 0 Å². The third-order valence-corrected chi connectivity index (χ3v) is 0. The highest BCUT2D eigenvalue weighted by molar-refractivity contribution is 7.97. The quantitative estimate of drug-likeness (QED) is 0.457.